The van der Waals surface area contributed by atoms with Crippen molar-refractivity contribution in [1.29, 1.82) is 0 Å². The van der Waals surface area contributed by atoms with Gasteiger partial charge >= 0.3 is 0 Å². The van der Waals surface area contributed by atoms with Crippen molar-refractivity contribution in [3.8, 4) is 0 Å². The molecule has 0 heterocycles. The van der Waals surface area contributed by atoms with E-state index in [1.54, 1.807) is 0 Å². The van der Waals surface area contributed by atoms with Crippen LogP contribution < -0.4 is 5.32 Å². The van der Waals surface area contributed by atoms with E-state index in [-0.39, 0.29) is 5.75 Å². The van der Waals surface area contributed by atoms with Crippen molar-refractivity contribution < 1.29 is 8.42 Å². The molecule has 1 atom stereocenters. The molecular formula is C10H22ClNO2S. The number of alkyl halides is 1. The molecule has 0 amide bonds. The predicted octanol–water partition coefficient (Wildman–Crippen LogP) is 1.81. The van der Waals surface area contributed by atoms with Gasteiger partial charge in [0.1, 0.15) is 0 Å². The lowest BCUT2D eigenvalue weighted by Gasteiger charge is -2.15. The van der Waals surface area contributed by atoms with E-state index in [0.29, 0.717) is 30.6 Å². The molecule has 0 bridgehead atoms. The van der Waals surface area contributed by atoms with E-state index in [0.717, 1.165) is 12.8 Å². The number of halogens is 1. The molecule has 0 aliphatic carbocycles. The Balaban J connectivity index is 3.76. The Bertz CT molecular complexity index is 242. The Kier molecular flexibility index (Phi) is 8.47. The van der Waals surface area contributed by atoms with Crippen LogP contribution in [0.5, 0.6) is 0 Å². The molecule has 3 nitrogen and oxygen atoms in total. The van der Waals surface area contributed by atoms with Gasteiger partial charge in [-0.2, -0.15) is 0 Å². The highest BCUT2D eigenvalue weighted by atomic mass is 35.5. The van der Waals surface area contributed by atoms with Gasteiger partial charge in [-0.25, -0.2) is 8.42 Å². The fourth-order valence-corrected chi connectivity index (χ4v) is 2.93. The second kappa shape index (κ2) is 8.36. The normalized spacial score (nSPS) is 14.1. The minimum Gasteiger partial charge on any atom is -0.313 e. The molecule has 0 aromatic carbocycles. The third-order valence-corrected chi connectivity index (χ3v) is 4.39. The second-order valence-corrected chi connectivity index (χ2v) is 6.37. The van der Waals surface area contributed by atoms with Crippen LogP contribution in [0.1, 0.15) is 33.1 Å². The standard InChI is InChI=1S/C10H22ClNO2S/c1-3-8-15(13,14)9-7-12-10(4-2)5-6-11/h10,12H,3-9H2,1-2H3. The lowest BCUT2D eigenvalue weighted by molar-refractivity contribution is 0.499. The van der Waals surface area contributed by atoms with Crippen LogP contribution >= 0.6 is 11.6 Å². The number of nitrogens with one attached hydrogen (secondary N) is 1. The van der Waals surface area contributed by atoms with Gasteiger partial charge in [0.15, 0.2) is 9.84 Å². The summed E-state index contributed by atoms with van der Waals surface area (Å²) in [6.07, 6.45) is 2.58. The molecule has 0 aliphatic heterocycles. The topological polar surface area (TPSA) is 46.2 Å². The average molecular weight is 256 g/mol. The van der Waals surface area contributed by atoms with Gasteiger partial charge in [-0.3, -0.25) is 0 Å². The molecule has 0 aromatic rings. The van der Waals surface area contributed by atoms with E-state index >= 15 is 0 Å². The summed E-state index contributed by atoms with van der Waals surface area (Å²) < 4.78 is 22.8. The fraction of sp³-hybridized carbons (Fsp3) is 1.00. The van der Waals surface area contributed by atoms with Crippen molar-refractivity contribution >= 4 is 21.4 Å². The van der Waals surface area contributed by atoms with Crippen LogP contribution in [0.15, 0.2) is 0 Å². The number of hydrogen-bond acceptors (Lipinski definition) is 3. The summed E-state index contributed by atoms with van der Waals surface area (Å²) in [5, 5.41) is 3.22. The van der Waals surface area contributed by atoms with E-state index in [1.807, 2.05) is 6.92 Å². The SMILES string of the molecule is CCCS(=O)(=O)CCNC(CC)CCCl. The quantitative estimate of drug-likeness (QED) is 0.640. The lowest BCUT2D eigenvalue weighted by atomic mass is 10.2. The van der Waals surface area contributed by atoms with E-state index in [2.05, 4.69) is 12.2 Å². The van der Waals surface area contributed by atoms with Crippen molar-refractivity contribution in [3.05, 3.63) is 0 Å². The summed E-state index contributed by atoms with van der Waals surface area (Å²) in [5.41, 5.74) is 0. The molecule has 5 heteroatoms. The van der Waals surface area contributed by atoms with Crippen molar-refractivity contribution in [2.24, 2.45) is 0 Å². The number of rotatable bonds is 9. The summed E-state index contributed by atoms with van der Waals surface area (Å²) in [6.45, 7) is 4.50. The van der Waals surface area contributed by atoms with Crippen LogP contribution in [0.4, 0.5) is 0 Å². The van der Waals surface area contributed by atoms with Gasteiger partial charge in [-0.1, -0.05) is 13.8 Å². The molecule has 0 fully saturated rings. The Morgan fingerprint density at radius 2 is 1.93 bits per heavy atom. The highest BCUT2D eigenvalue weighted by Crippen LogP contribution is 1.99. The summed E-state index contributed by atoms with van der Waals surface area (Å²) in [7, 11) is -2.85. The summed E-state index contributed by atoms with van der Waals surface area (Å²) in [5.74, 6) is 1.15. The molecule has 0 rings (SSSR count). The molecule has 0 aliphatic rings. The minimum absolute atomic E-state index is 0.236. The summed E-state index contributed by atoms with van der Waals surface area (Å²) in [4.78, 5) is 0. The van der Waals surface area contributed by atoms with Crippen LogP contribution in [0.2, 0.25) is 0 Å². The number of hydrogen-bond donors (Lipinski definition) is 1. The molecule has 0 saturated carbocycles. The van der Waals surface area contributed by atoms with Gasteiger partial charge in [-0.05, 0) is 19.3 Å². The van der Waals surface area contributed by atoms with Gasteiger partial charge in [0.05, 0.1) is 5.75 Å². The zero-order valence-corrected chi connectivity index (χ0v) is 11.2. The molecule has 0 radical (unpaired) electrons. The van der Waals surface area contributed by atoms with E-state index < -0.39 is 9.84 Å². The molecule has 0 saturated heterocycles. The molecule has 15 heavy (non-hydrogen) atoms. The van der Waals surface area contributed by atoms with E-state index in [9.17, 15) is 8.42 Å². The van der Waals surface area contributed by atoms with Crippen LogP contribution in [0.25, 0.3) is 0 Å². The molecular weight excluding hydrogens is 234 g/mol. The maximum atomic E-state index is 11.4. The monoisotopic (exact) mass is 255 g/mol. The molecule has 1 N–H and O–H groups in total. The maximum Gasteiger partial charge on any atom is 0.151 e. The van der Waals surface area contributed by atoms with Crippen molar-refractivity contribution in [2.45, 2.75) is 39.2 Å². The molecule has 92 valence electrons. The third-order valence-electron chi connectivity index (χ3n) is 2.31. The molecule has 1 unspecified atom stereocenters. The fourth-order valence-electron chi connectivity index (χ4n) is 1.41. The second-order valence-electron chi connectivity index (χ2n) is 3.69. The minimum atomic E-state index is -2.85. The van der Waals surface area contributed by atoms with E-state index in [4.69, 9.17) is 11.6 Å². The van der Waals surface area contributed by atoms with Crippen LogP contribution in [-0.4, -0.2) is 38.4 Å². The van der Waals surface area contributed by atoms with Gasteiger partial charge < -0.3 is 5.32 Å². The zero-order chi connectivity index (χ0) is 11.7. The summed E-state index contributed by atoms with van der Waals surface area (Å²) in [6, 6.07) is 0.347. The van der Waals surface area contributed by atoms with Crippen molar-refractivity contribution in [2.75, 3.05) is 23.9 Å². The Hall–Kier alpha value is 0.200. The maximum absolute atomic E-state index is 11.4. The highest BCUT2D eigenvalue weighted by Gasteiger charge is 2.10. The third kappa shape index (κ3) is 8.05. The van der Waals surface area contributed by atoms with Crippen LogP contribution in [0, 0.1) is 0 Å². The van der Waals surface area contributed by atoms with Crippen molar-refractivity contribution in [1.82, 2.24) is 5.32 Å². The highest BCUT2D eigenvalue weighted by molar-refractivity contribution is 7.91. The molecule has 0 aromatic heterocycles. The van der Waals surface area contributed by atoms with Gasteiger partial charge in [0, 0.05) is 24.2 Å². The van der Waals surface area contributed by atoms with Crippen molar-refractivity contribution in [3.63, 3.8) is 0 Å². The smallest absolute Gasteiger partial charge is 0.151 e. The van der Waals surface area contributed by atoms with Gasteiger partial charge in [0.2, 0.25) is 0 Å². The van der Waals surface area contributed by atoms with E-state index in [1.165, 1.54) is 0 Å². The first-order valence-corrected chi connectivity index (χ1v) is 7.91. The van der Waals surface area contributed by atoms with Gasteiger partial charge in [0.25, 0.3) is 0 Å². The first-order chi connectivity index (χ1) is 7.05. The lowest BCUT2D eigenvalue weighted by Crippen LogP contribution is -2.33. The first-order valence-electron chi connectivity index (χ1n) is 5.55. The van der Waals surface area contributed by atoms with Gasteiger partial charge in [-0.15, -0.1) is 11.6 Å². The largest absolute Gasteiger partial charge is 0.313 e. The summed E-state index contributed by atoms with van der Waals surface area (Å²) >= 11 is 5.64. The zero-order valence-electron chi connectivity index (χ0n) is 9.63. The predicted molar refractivity (Wildman–Crippen MR) is 66.4 cm³/mol. The first kappa shape index (κ1) is 15.2. The van der Waals surface area contributed by atoms with Crippen LogP contribution in [-0.2, 0) is 9.84 Å². The average Bonchev–Trinajstić information content (AvgIpc) is 2.16. The number of sulfone groups is 1. The van der Waals surface area contributed by atoms with Crippen LogP contribution in [0.3, 0.4) is 0 Å². The Labute approximate surface area is 98.5 Å². The Morgan fingerprint density at radius 3 is 2.40 bits per heavy atom. The molecule has 0 spiro atoms. The Morgan fingerprint density at radius 1 is 1.27 bits per heavy atom.